The van der Waals surface area contributed by atoms with E-state index in [4.69, 9.17) is 4.74 Å². The van der Waals surface area contributed by atoms with E-state index in [0.29, 0.717) is 23.7 Å². The maximum atomic E-state index is 13.2. The van der Waals surface area contributed by atoms with Gasteiger partial charge in [0.05, 0.1) is 12.0 Å². The maximum absolute atomic E-state index is 13.2. The van der Waals surface area contributed by atoms with Gasteiger partial charge in [-0.25, -0.2) is 4.39 Å². The number of rotatable bonds is 0. The summed E-state index contributed by atoms with van der Waals surface area (Å²) in [7, 11) is 0. The Balaban J connectivity index is 2.00. The zero-order valence-electron chi connectivity index (χ0n) is 10.5. The molecule has 3 heteroatoms. The Kier molecular flexibility index (Phi) is 2.65. The molecule has 2 nitrogen and oxygen atoms in total. The van der Waals surface area contributed by atoms with Gasteiger partial charge in [0, 0.05) is 0 Å². The summed E-state index contributed by atoms with van der Waals surface area (Å²) in [5.41, 5.74) is 0.0542. The summed E-state index contributed by atoms with van der Waals surface area (Å²) in [6.45, 7) is 2.15. The summed E-state index contributed by atoms with van der Waals surface area (Å²) in [4.78, 5) is 12.2. The number of hydrogen-bond acceptors (Lipinski definition) is 2. The van der Waals surface area contributed by atoms with E-state index in [1.165, 1.54) is 18.6 Å². The third-order valence-electron chi connectivity index (χ3n) is 4.40. The summed E-state index contributed by atoms with van der Waals surface area (Å²) < 4.78 is 19.3. The summed E-state index contributed by atoms with van der Waals surface area (Å²) in [6.07, 6.45) is 4.73. The molecular formula is C15H17FO2. The van der Waals surface area contributed by atoms with E-state index in [-0.39, 0.29) is 17.2 Å². The van der Waals surface area contributed by atoms with Gasteiger partial charge in [-0.05, 0) is 43.4 Å². The van der Waals surface area contributed by atoms with Crippen LogP contribution in [0.4, 0.5) is 4.39 Å². The van der Waals surface area contributed by atoms with Crippen molar-refractivity contribution in [2.45, 2.75) is 44.6 Å². The van der Waals surface area contributed by atoms with E-state index in [2.05, 4.69) is 6.92 Å². The van der Waals surface area contributed by atoms with Gasteiger partial charge in [-0.1, -0.05) is 13.3 Å². The standard InChI is InChI=1S/C15H17FO2/c1-10-4-2-3-7-15(10)9-13(17)12-8-11(16)5-6-14(12)18-15/h5-6,8,10H,2-4,7,9H2,1H3. The van der Waals surface area contributed by atoms with Crippen molar-refractivity contribution >= 4 is 5.78 Å². The first-order valence-corrected chi connectivity index (χ1v) is 6.62. The van der Waals surface area contributed by atoms with Crippen LogP contribution in [0.5, 0.6) is 5.75 Å². The lowest BCUT2D eigenvalue weighted by atomic mass is 9.71. The first-order valence-electron chi connectivity index (χ1n) is 6.62. The van der Waals surface area contributed by atoms with Crippen molar-refractivity contribution in [2.24, 2.45) is 5.92 Å². The van der Waals surface area contributed by atoms with Crippen LogP contribution >= 0.6 is 0 Å². The Labute approximate surface area is 106 Å². The Bertz CT molecular complexity index is 497. The summed E-state index contributed by atoms with van der Waals surface area (Å²) in [5.74, 6) is 0.581. The van der Waals surface area contributed by atoms with Gasteiger partial charge < -0.3 is 4.74 Å². The third kappa shape index (κ3) is 1.73. The second-order valence-electron chi connectivity index (χ2n) is 5.55. The Hall–Kier alpha value is -1.38. The molecule has 0 amide bonds. The number of ketones is 1. The molecule has 1 heterocycles. The van der Waals surface area contributed by atoms with Crippen LogP contribution in [0.1, 0.15) is 49.4 Å². The number of fused-ring (bicyclic) bond motifs is 1. The van der Waals surface area contributed by atoms with Crippen molar-refractivity contribution in [3.05, 3.63) is 29.6 Å². The molecule has 2 atom stereocenters. The number of Topliss-reactive ketones (excluding diaryl/α,β-unsaturated/α-hetero) is 1. The van der Waals surface area contributed by atoms with Gasteiger partial charge in [0.2, 0.25) is 0 Å². The van der Waals surface area contributed by atoms with Crippen LogP contribution in [-0.2, 0) is 0 Å². The minimum atomic E-state index is -0.377. The topological polar surface area (TPSA) is 26.3 Å². The quantitative estimate of drug-likeness (QED) is 0.699. The van der Waals surface area contributed by atoms with Crippen LogP contribution in [0.25, 0.3) is 0 Å². The fourth-order valence-corrected chi connectivity index (χ4v) is 3.23. The van der Waals surface area contributed by atoms with E-state index >= 15 is 0 Å². The third-order valence-corrected chi connectivity index (χ3v) is 4.40. The van der Waals surface area contributed by atoms with E-state index in [0.717, 1.165) is 19.3 Å². The van der Waals surface area contributed by atoms with Gasteiger partial charge in [0.15, 0.2) is 5.78 Å². The average molecular weight is 248 g/mol. The lowest BCUT2D eigenvalue weighted by molar-refractivity contribution is -0.0258. The van der Waals surface area contributed by atoms with Gasteiger partial charge in [-0.15, -0.1) is 0 Å². The summed E-state index contributed by atoms with van der Waals surface area (Å²) in [5, 5.41) is 0. The molecule has 1 saturated carbocycles. The monoisotopic (exact) mass is 248 g/mol. The molecule has 0 radical (unpaired) electrons. The van der Waals surface area contributed by atoms with Gasteiger partial charge in [0.25, 0.3) is 0 Å². The highest BCUT2D eigenvalue weighted by Crippen LogP contribution is 2.44. The number of benzene rings is 1. The molecule has 3 rings (SSSR count). The van der Waals surface area contributed by atoms with Crippen LogP contribution in [0, 0.1) is 11.7 Å². The van der Waals surface area contributed by atoms with Gasteiger partial charge >= 0.3 is 0 Å². The van der Waals surface area contributed by atoms with Crippen molar-refractivity contribution in [1.82, 2.24) is 0 Å². The van der Waals surface area contributed by atoms with E-state index in [1.54, 1.807) is 6.07 Å². The molecule has 1 spiro atoms. The maximum Gasteiger partial charge on any atom is 0.170 e. The predicted molar refractivity (Wildman–Crippen MR) is 66.3 cm³/mol. The minimum absolute atomic E-state index is 0.0181. The van der Waals surface area contributed by atoms with E-state index in [9.17, 15) is 9.18 Å². The molecule has 0 bridgehead atoms. The summed E-state index contributed by atoms with van der Waals surface area (Å²) >= 11 is 0. The molecule has 0 N–H and O–H groups in total. The van der Waals surface area contributed by atoms with E-state index < -0.39 is 0 Å². The number of carbonyl (C=O) groups is 1. The highest BCUT2D eigenvalue weighted by molar-refractivity contribution is 6.00. The van der Waals surface area contributed by atoms with Gasteiger partial charge in [0.1, 0.15) is 17.2 Å². The number of hydrogen-bond donors (Lipinski definition) is 0. The Morgan fingerprint density at radius 2 is 2.22 bits per heavy atom. The average Bonchev–Trinajstić information content (AvgIpc) is 2.34. The lowest BCUT2D eigenvalue weighted by Gasteiger charge is -2.45. The Morgan fingerprint density at radius 3 is 3.00 bits per heavy atom. The molecule has 1 fully saturated rings. The molecular weight excluding hydrogens is 231 g/mol. The van der Waals surface area contributed by atoms with Crippen LogP contribution in [0.3, 0.4) is 0 Å². The molecule has 0 saturated heterocycles. The SMILES string of the molecule is CC1CCCCC12CC(=O)c1cc(F)ccc1O2. The summed E-state index contributed by atoms with van der Waals surface area (Å²) in [6, 6.07) is 4.24. The molecule has 1 aliphatic heterocycles. The molecule has 1 aromatic rings. The largest absolute Gasteiger partial charge is 0.486 e. The molecule has 96 valence electrons. The first kappa shape index (κ1) is 11.7. The zero-order valence-corrected chi connectivity index (χ0v) is 10.5. The highest BCUT2D eigenvalue weighted by atomic mass is 19.1. The van der Waals surface area contributed by atoms with Crippen molar-refractivity contribution in [2.75, 3.05) is 0 Å². The normalized spacial score (nSPS) is 31.0. The second kappa shape index (κ2) is 4.08. The van der Waals surface area contributed by atoms with Crippen LogP contribution in [0.15, 0.2) is 18.2 Å². The first-order chi connectivity index (χ1) is 8.61. The van der Waals surface area contributed by atoms with Crippen LogP contribution in [-0.4, -0.2) is 11.4 Å². The zero-order chi connectivity index (χ0) is 12.8. The molecule has 2 aliphatic rings. The van der Waals surface area contributed by atoms with Crippen molar-refractivity contribution in [3.63, 3.8) is 0 Å². The second-order valence-corrected chi connectivity index (χ2v) is 5.55. The molecule has 18 heavy (non-hydrogen) atoms. The highest BCUT2D eigenvalue weighted by Gasteiger charge is 2.45. The van der Waals surface area contributed by atoms with Crippen molar-refractivity contribution < 1.29 is 13.9 Å². The van der Waals surface area contributed by atoms with Crippen LogP contribution in [0.2, 0.25) is 0 Å². The number of halogens is 1. The molecule has 1 aromatic carbocycles. The Morgan fingerprint density at radius 1 is 1.39 bits per heavy atom. The molecule has 0 aromatic heterocycles. The number of carbonyl (C=O) groups excluding carboxylic acids is 1. The molecule has 1 aliphatic carbocycles. The van der Waals surface area contributed by atoms with Crippen LogP contribution < -0.4 is 4.74 Å². The van der Waals surface area contributed by atoms with Gasteiger partial charge in [-0.3, -0.25) is 4.79 Å². The van der Waals surface area contributed by atoms with Gasteiger partial charge in [-0.2, -0.15) is 0 Å². The number of ether oxygens (including phenoxy) is 1. The predicted octanol–water partition coefficient (Wildman–Crippen LogP) is 3.74. The fraction of sp³-hybridized carbons (Fsp3) is 0.533. The van der Waals surface area contributed by atoms with E-state index in [1.807, 2.05) is 0 Å². The minimum Gasteiger partial charge on any atom is -0.486 e. The molecule has 2 unspecified atom stereocenters. The smallest absolute Gasteiger partial charge is 0.170 e. The fourth-order valence-electron chi connectivity index (χ4n) is 3.23. The van der Waals surface area contributed by atoms with Crippen molar-refractivity contribution in [1.29, 1.82) is 0 Å². The van der Waals surface area contributed by atoms with Crippen molar-refractivity contribution in [3.8, 4) is 5.75 Å². The lowest BCUT2D eigenvalue weighted by Crippen LogP contribution is -2.49.